The van der Waals surface area contributed by atoms with Crippen molar-refractivity contribution < 1.29 is 9.53 Å². The first-order chi connectivity index (χ1) is 8.76. The zero-order chi connectivity index (χ0) is 14.5. The molecule has 1 rings (SSSR count). The molecule has 1 saturated heterocycles. The van der Waals surface area contributed by atoms with E-state index in [4.69, 9.17) is 10.5 Å². The first kappa shape index (κ1) is 16.4. The molecule has 4 heteroatoms. The van der Waals surface area contributed by atoms with Gasteiger partial charge in [-0.05, 0) is 47.1 Å². The Kier molecular flexibility index (Phi) is 5.81. The lowest BCUT2D eigenvalue weighted by Gasteiger charge is -2.47. The van der Waals surface area contributed by atoms with Gasteiger partial charge in [-0.3, -0.25) is 4.79 Å². The molecule has 0 bridgehead atoms. The molecule has 1 amide bonds. The Hall–Kier alpha value is -0.610. The molecule has 0 saturated carbocycles. The highest BCUT2D eigenvalue weighted by Gasteiger charge is 2.39. The van der Waals surface area contributed by atoms with Crippen molar-refractivity contribution in [2.24, 2.45) is 5.73 Å². The van der Waals surface area contributed by atoms with Crippen molar-refractivity contribution >= 4 is 5.91 Å². The van der Waals surface area contributed by atoms with Gasteiger partial charge in [0.25, 0.3) is 0 Å². The van der Waals surface area contributed by atoms with E-state index in [0.29, 0.717) is 19.5 Å². The fourth-order valence-electron chi connectivity index (χ4n) is 2.90. The van der Waals surface area contributed by atoms with Crippen molar-refractivity contribution in [3.8, 4) is 0 Å². The molecule has 112 valence electrons. The number of nitrogens with zero attached hydrogens (tertiary/aromatic N) is 1. The molecule has 0 radical (unpaired) electrons. The molecular formula is C15H30N2O2. The average molecular weight is 270 g/mol. The van der Waals surface area contributed by atoms with Crippen molar-refractivity contribution in [1.29, 1.82) is 0 Å². The van der Waals surface area contributed by atoms with Gasteiger partial charge in [-0.2, -0.15) is 0 Å². The Morgan fingerprint density at radius 1 is 1.05 bits per heavy atom. The molecule has 19 heavy (non-hydrogen) atoms. The zero-order valence-electron chi connectivity index (χ0n) is 13.0. The molecule has 4 nitrogen and oxygen atoms in total. The molecule has 0 aromatic rings. The number of unbranched alkanes of at least 4 members (excludes halogenated alkanes) is 3. The van der Waals surface area contributed by atoms with Crippen LogP contribution in [-0.2, 0) is 9.53 Å². The number of rotatable bonds is 6. The van der Waals surface area contributed by atoms with E-state index >= 15 is 0 Å². The number of carbonyl (C=O) groups excluding carboxylic acids is 1. The molecule has 0 aliphatic carbocycles. The molecule has 0 aromatic carbocycles. The summed E-state index contributed by atoms with van der Waals surface area (Å²) >= 11 is 0. The van der Waals surface area contributed by atoms with E-state index in [1.165, 1.54) is 0 Å². The second kappa shape index (κ2) is 6.71. The average Bonchev–Trinajstić information content (AvgIpc) is 2.24. The van der Waals surface area contributed by atoms with Gasteiger partial charge in [0.2, 0.25) is 5.91 Å². The van der Waals surface area contributed by atoms with E-state index in [9.17, 15) is 4.79 Å². The lowest BCUT2D eigenvalue weighted by molar-refractivity contribution is -0.188. The standard InChI is InChI=1S/C15H30N2O2/c1-14(2)11-17(12-15(3,4)19-14)13(18)9-7-5-6-8-10-16/h5-12,16H2,1-4H3. The van der Waals surface area contributed by atoms with E-state index in [1.807, 2.05) is 4.90 Å². The normalized spacial score (nSPS) is 21.4. The molecule has 1 heterocycles. The van der Waals surface area contributed by atoms with Crippen LogP contribution in [-0.4, -0.2) is 41.6 Å². The van der Waals surface area contributed by atoms with E-state index < -0.39 is 0 Å². The van der Waals surface area contributed by atoms with Gasteiger partial charge in [0.05, 0.1) is 11.2 Å². The van der Waals surface area contributed by atoms with Crippen molar-refractivity contribution in [1.82, 2.24) is 4.90 Å². The summed E-state index contributed by atoms with van der Waals surface area (Å²) in [7, 11) is 0. The minimum absolute atomic E-state index is 0.253. The van der Waals surface area contributed by atoms with E-state index in [1.54, 1.807) is 0 Å². The van der Waals surface area contributed by atoms with Crippen LogP contribution in [0.1, 0.15) is 59.8 Å². The summed E-state index contributed by atoms with van der Waals surface area (Å²) in [6.07, 6.45) is 4.91. The monoisotopic (exact) mass is 270 g/mol. The predicted octanol–water partition coefficient (Wildman–Crippen LogP) is 2.31. The number of morpholine rings is 1. The number of carbonyl (C=O) groups is 1. The summed E-state index contributed by atoms with van der Waals surface area (Å²) in [5, 5.41) is 0. The van der Waals surface area contributed by atoms with Crippen LogP contribution < -0.4 is 5.73 Å². The summed E-state index contributed by atoms with van der Waals surface area (Å²) in [4.78, 5) is 14.2. The number of ether oxygens (including phenoxy) is 1. The van der Waals surface area contributed by atoms with Gasteiger partial charge in [-0.25, -0.2) is 0 Å². The molecule has 1 fully saturated rings. The summed E-state index contributed by atoms with van der Waals surface area (Å²) in [6, 6.07) is 0. The Bertz CT molecular complexity index is 285. The SMILES string of the molecule is CC1(C)CN(C(=O)CCCCCCN)CC(C)(C)O1. The Labute approximate surface area is 117 Å². The van der Waals surface area contributed by atoms with Gasteiger partial charge in [0.15, 0.2) is 0 Å². The van der Waals surface area contributed by atoms with Crippen LogP contribution in [0.25, 0.3) is 0 Å². The first-order valence-corrected chi connectivity index (χ1v) is 7.44. The highest BCUT2D eigenvalue weighted by molar-refractivity contribution is 5.76. The highest BCUT2D eigenvalue weighted by Crippen LogP contribution is 2.28. The largest absolute Gasteiger partial charge is 0.366 e. The van der Waals surface area contributed by atoms with Crippen molar-refractivity contribution in [2.75, 3.05) is 19.6 Å². The Morgan fingerprint density at radius 3 is 2.11 bits per heavy atom. The third kappa shape index (κ3) is 5.91. The van der Waals surface area contributed by atoms with Crippen LogP contribution in [0.5, 0.6) is 0 Å². The van der Waals surface area contributed by atoms with Gasteiger partial charge >= 0.3 is 0 Å². The smallest absolute Gasteiger partial charge is 0.222 e. The maximum atomic E-state index is 12.3. The molecule has 0 aromatic heterocycles. The minimum atomic E-state index is -0.253. The van der Waals surface area contributed by atoms with E-state index in [0.717, 1.165) is 32.2 Å². The molecule has 2 N–H and O–H groups in total. The third-order valence-corrected chi connectivity index (χ3v) is 3.39. The topological polar surface area (TPSA) is 55.6 Å². The summed E-state index contributed by atoms with van der Waals surface area (Å²) < 4.78 is 5.99. The van der Waals surface area contributed by atoms with Crippen molar-refractivity contribution in [3.63, 3.8) is 0 Å². The van der Waals surface area contributed by atoms with Crippen LogP contribution in [0, 0.1) is 0 Å². The van der Waals surface area contributed by atoms with Gasteiger partial charge in [-0.15, -0.1) is 0 Å². The number of nitrogens with two attached hydrogens (primary N) is 1. The van der Waals surface area contributed by atoms with Gasteiger partial charge in [0, 0.05) is 19.5 Å². The quantitative estimate of drug-likeness (QED) is 0.754. The van der Waals surface area contributed by atoms with Crippen LogP contribution in [0.2, 0.25) is 0 Å². The number of hydrogen-bond acceptors (Lipinski definition) is 3. The molecule has 0 atom stereocenters. The van der Waals surface area contributed by atoms with Crippen LogP contribution in [0.3, 0.4) is 0 Å². The fourth-order valence-corrected chi connectivity index (χ4v) is 2.90. The van der Waals surface area contributed by atoms with Crippen molar-refractivity contribution in [3.05, 3.63) is 0 Å². The fraction of sp³-hybridized carbons (Fsp3) is 0.933. The molecule has 0 spiro atoms. The van der Waals surface area contributed by atoms with Gasteiger partial charge in [0.1, 0.15) is 0 Å². The summed E-state index contributed by atoms with van der Waals surface area (Å²) in [5.74, 6) is 0.261. The molecule has 0 unspecified atom stereocenters. The zero-order valence-corrected chi connectivity index (χ0v) is 13.0. The first-order valence-electron chi connectivity index (χ1n) is 7.44. The molecule has 1 aliphatic rings. The minimum Gasteiger partial charge on any atom is -0.366 e. The van der Waals surface area contributed by atoms with Crippen LogP contribution in [0.4, 0.5) is 0 Å². The summed E-state index contributed by atoms with van der Waals surface area (Å²) in [6.45, 7) is 10.3. The maximum absolute atomic E-state index is 12.3. The highest BCUT2D eigenvalue weighted by atomic mass is 16.5. The number of hydrogen-bond donors (Lipinski definition) is 1. The van der Waals surface area contributed by atoms with Gasteiger partial charge < -0.3 is 15.4 Å². The lowest BCUT2D eigenvalue weighted by atomic mass is 9.98. The van der Waals surface area contributed by atoms with E-state index in [-0.39, 0.29) is 17.1 Å². The summed E-state index contributed by atoms with van der Waals surface area (Å²) in [5.41, 5.74) is 4.95. The maximum Gasteiger partial charge on any atom is 0.222 e. The second-order valence-electron chi connectivity index (χ2n) is 6.82. The lowest BCUT2D eigenvalue weighted by Crippen LogP contribution is -2.58. The second-order valence-corrected chi connectivity index (χ2v) is 6.82. The van der Waals surface area contributed by atoms with E-state index in [2.05, 4.69) is 27.7 Å². The van der Waals surface area contributed by atoms with Crippen LogP contribution >= 0.6 is 0 Å². The van der Waals surface area contributed by atoms with Crippen molar-refractivity contribution in [2.45, 2.75) is 71.0 Å². The van der Waals surface area contributed by atoms with Crippen LogP contribution in [0.15, 0.2) is 0 Å². The predicted molar refractivity (Wildman–Crippen MR) is 78.0 cm³/mol. The van der Waals surface area contributed by atoms with Gasteiger partial charge in [-0.1, -0.05) is 12.8 Å². The Morgan fingerprint density at radius 2 is 1.58 bits per heavy atom. The third-order valence-electron chi connectivity index (χ3n) is 3.39. The molecule has 1 aliphatic heterocycles. The Balaban J connectivity index is 2.39. The number of amides is 1. The molecular weight excluding hydrogens is 240 g/mol.